The van der Waals surface area contributed by atoms with Crippen LogP contribution in [0.1, 0.15) is 17.3 Å². The monoisotopic (exact) mass is 270 g/mol. The smallest absolute Gasteiger partial charge is 0.129 e. The highest BCUT2D eigenvalue weighted by atomic mass is 79.9. The summed E-state index contributed by atoms with van der Waals surface area (Å²) in [5.41, 5.74) is 0.407. The first-order chi connectivity index (χ1) is 5.54. The van der Waals surface area contributed by atoms with Gasteiger partial charge in [-0.2, -0.15) is 0 Å². The van der Waals surface area contributed by atoms with E-state index in [-0.39, 0.29) is 15.7 Å². The predicted molar refractivity (Wildman–Crippen MR) is 53.8 cm³/mol. The zero-order valence-corrected chi connectivity index (χ0v) is 9.34. The first kappa shape index (κ1) is 10.3. The standard InChI is InChI=1S/C8H6BrCl2F/c1-4(9)7-6(12)3-2-5(10)8(7)11/h2-4H,1H3. The van der Waals surface area contributed by atoms with E-state index in [1.54, 1.807) is 6.92 Å². The molecule has 0 nitrogen and oxygen atoms in total. The third-order valence-electron chi connectivity index (χ3n) is 1.48. The summed E-state index contributed by atoms with van der Waals surface area (Å²) >= 11 is 14.7. The molecule has 0 fully saturated rings. The largest absolute Gasteiger partial charge is 0.207 e. The Hall–Kier alpha value is 0.210. The van der Waals surface area contributed by atoms with E-state index in [1.807, 2.05) is 0 Å². The Balaban J connectivity index is 3.33. The lowest BCUT2D eigenvalue weighted by Crippen LogP contribution is -1.92. The van der Waals surface area contributed by atoms with E-state index in [2.05, 4.69) is 15.9 Å². The molecule has 0 aromatic heterocycles. The predicted octanol–water partition coefficient (Wildman–Crippen LogP) is 4.59. The fraction of sp³-hybridized carbons (Fsp3) is 0.250. The maximum Gasteiger partial charge on any atom is 0.129 e. The fourth-order valence-electron chi connectivity index (χ4n) is 0.907. The lowest BCUT2D eigenvalue weighted by Gasteiger charge is -2.08. The molecule has 0 spiro atoms. The van der Waals surface area contributed by atoms with Crippen LogP contribution >= 0.6 is 39.1 Å². The van der Waals surface area contributed by atoms with Crippen LogP contribution in [0.5, 0.6) is 0 Å². The van der Waals surface area contributed by atoms with Gasteiger partial charge in [0.05, 0.1) is 10.0 Å². The number of alkyl halides is 1. The molecule has 0 saturated carbocycles. The molecule has 1 atom stereocenters. The van der Waals surface area contributed by atoms with Gasteiger partial charge in [0.25, 0.3) is 0 Å². The summed E-state index contributed by atoms with van der Waals surface area (Å²) in [5, 5.41) is 0.653. The second-order valence-electron chi connectivity index (χ2n) is 2.37. The van der Waals surface area contributed by atoms with Crippen LogP contribution in [0.2, 0.25) is 10.0 Å². The summed E-state index contributed by atoms with van der Waals surface area (Å²) in [7, 11) is 0. The quantitative estimate of drug-likeness (QED) is 0.518. The minimum atomic E-state index is -0.339. The van der Waals surface area contributed by atoms with Crippen molar-refractivity contribution in [3.63, 3.8) is 0 Å². The van der Waals surface area contributed by atoms with Gasteiger partial charge in [-0.15, -0.1) is 0 Å². The van der Waals surface area contributed by atoms with Crippen molar-refractivity contribution in [2.75, 3.05) is 0 Å². The minimum absolute atomic E-state index is 0.135. The van der Waals surface area contributed by atoms with Crippen LogP contribution < -0.4 is 0 Å². The van der Waals surface area contributed by atoms with Gasteiger partial charge >= 0.3 is 0 Å². The van der Waals surface area contributed by atoms with Crippen LogP contribution in [0.15, 0.2) is 12.1 Å². The molecule has 1 unspecified atom stereocenters. The number of hydrogen-bond acceptors (Lipinski definition) is 0. The maximum atomic E-state index is 13.1. The lowest BCUT2D eigenvalue weighted by molar-refractivity contribution is 0.612. The van der Waals surface area contributed by atoms with E-state index < -0.39 is 0 Å². The highest BCUT2D eigenvalue weighted by molar-refractivity contribution is 9.09. The molecular formula is C8H6BrCl2F. The zero-order valence-electron chi connectivity index (χ0n) is 6.24. The third kappa shape index (κ3) is 1.93. The second kappa shape index (κ2) is 3.95. The first-order valence-electron chi connectivity index (χ1n) is 3.31. The molecular weight excluding hydrogens is 266 g/mol. The van der Waals surface area contributed by atoms with E-state index in [0.29, 0.717) is 10.6 Å². The molecule has 0 aliphatic rings. The van der Waals surface area contributed by atoms with Gasteiger partial charge in [0.1, 0.15) is 5.82 Å². The summed E-state index contributed by atoms with van der Waals surface area (Å²) in [6.07, 6.45) is 0. The molecule has 0 saturated heterocycles. The Kier molecular flexibility index (Phi) is 3.38. The summed E-state index contributed by atoms with van der Waals surface area (Å²) < 4.78 is 13.1. The van der Waals surface area contributed by atoms with Crippen molar-refractivity contribution in [3.8, 4) is 0 Å². The molecule has 1 aromatic rings. The number of halogens is 4. The first-order valence-corrected chi connectivity index (χ1v) is 4.98. The van der Waals surface area contributed by atoms with Crippen molar-refractivity contribution in [1.29, 1.82) is 0 Å². The molecule has 0 aliphatic carbocycles. The molecule has 4 heteroatoms. The average molecular weight is 272 g/mol. The second-order valence-corrected chi connectivity index (χ2v) is 4.53. The highest BCUT2D eigenvalue weighted by Gasteiger charge is 2.14. The Bertz CT molecular complexity index is 299. The van der Waals surface area contributed by atoms with Crippen LogP contribution in [0.4, 0.5) is 4.39 Å². The summed E-state index contributed by atoms with van der Waals surface area (Å²) in [6, 6.07) is 2.75. The minimum Gasteiger partial charge on any atom is -0.207 e. The van der Waals surface area contributed by atoms with Crippen molar-refractivity contribution in [2.45, 2.75) is 11.8 Å². The van der Waals surface area contributed by atoms with Gasteiger partial charge in [-0.1, -0.05) is 39.1 Å². The van der Waals surface area contributed by atoms with Crippen molar-refractivity contribution in [2.24, 2.45) is 0 Å². The van der Waals surface area contributed by atoms with E-state index in [9.17, 15) is 4.39 Å². The SMILES string of the molecule is CC(Br)c1c(F)ccc(Cl)c1Cl. The van der Waals surface area contributed by atoms with Crippen LogP contribution in [0, 0.1) is 5.82 Å². The highest BCUT2D eigenvalue weighted by Crippen LogP contribution is 2.35. The normalized spacial score (nSPS) is 13.1. The molecule has 0 heterocycles. The molecule has 1 rings (SSSR count). The lowest BCUT2D eigenvalue weighted by atomic mass is 10.1. The topological polar surface area (TPSA) is 0 Å². The van der Waals surface area contributed by atoms with Gasteiger partial charge in [0, 0.05) is 10.4 Å². The Morgan fingerprint density at radius 3 is 2.42 bits per heavy atom. The fourth-order valence-corrected chi connectivity index (χ4v) is 1.97. The molecule has 66 valence electrons. The van der Waals surface area contributed by atoms with Crippen molar-refractivity contribution >= 4 is 39.1 Å². The summed E-state index contributed by atoms with van der Waals surface area (Å²) in [4.78, 5) is -0.135. The third-order valence-corrected chi connectivity index (χ3v) is 2.75. The van der Waals surface area contributed by atoms with Crippen molar-refractivity contribution in [3.05, 3.63) is 33.6 Å². The van der Waals surface area contributed by atoms with Gasteiger partial charge < -0.3 is 0 Å². The van der Waals surface area contributed by atoms with Gasteiger partial charge in [-0.3, -0.25) is 0 Å². The molecule has 0 N–H and O–H groups in total. The maximum absolute atomic E-state index is 13.1. The van der Waals surface area contributed by atoms with Gasteiger partial charge in [0.2, 0.25) is 0 Å². The van der Waals surface area contributed by atoms with Gasteiger partial charge in [-0.25, -0.2) is 4.39 Å². The van der Waals surface area contributed by atoms with E-state index in [0.717, 1.165) is 0 Å². The summed E-state index contributed by atoms with van der Waals surface area (Å²) in [5.74, 6) is -0.339. The Morgan fingerprint density at radius 1 is 1.42 bits per heavy atom. The van der Waals surface area contributed by atoms with E-state index in [1.165, 1.54) is 12.1 Å². The number of rotatable bonds is 1. The molecule has 0 amide bonds. The van der Waals surface area contributed by atoms with Crippen molar-refractivity contribution in [1.82, 2.24) is 0 Å². The van der Waals surface area contributed by atoms with Crippen LogP contribution in [0.25, 0.3) is 0 Å². The summed E-state index contributed by atoms with van der Waals surface area (Å²) in [6.45, 7) is 1.79. The van der Waals surface area contributed by atoms with Crippen molar-refractivity contribution < 1.29 is 4.39 Å². The van der Waals surface area contributed by atoms with Crippen LogP contribution in [0.3, 0.4) is 0 Å². The molecule has 1 aromatic carbocycles. The molecule has 0 radical (unpaired) electrons. The van der Waals surface area contributed by atoms with Crippen LogP contribution in [-0.4, -0.2) is 0 Å². The molecule has 0 aliphatic heterocycles. The Labute approximate surface area is 88.8 Å². The number of hydrogen-bond donors (Lipinski definition) is 0. The van der Waals surface area contributed by atoms with E-state index in [4.69, 9.17) is 23.2 Å². The van der Waals surface area contributed by atoms with E-state index >= 15 is 0 Å². The van der Waals surface area contributed by atoms with Gasteiger partial charge in [0.15, 0.2) is 0 Å². The van der Waals surface area contributed by atoms with Crippen LogP contribution in [-0.2, 0) is 0 Å². The number of benzene rings is 1. The molecule has 12 heavy (non-hydrogen) atoms. The van der Waals surface area contributed by atoms with Gasteiger partial charge in [-0.05, 0) is 19.1 Å². The Morgan fingerprint density at radius 2 is 2.00 bits per heavy atom. The zero-order chi connectivity index (χ0) is 9.30. The average Bonchev–Trinajstić information content (AvgIpc) is 1.97. The molecule has 0 bridgehead atoms.